The average Bonchev–Trinajstić information content (AvgIpc) is 2.58. The first-order chi connectivity index (χ1) is 7.58. The molecule has 0 saturated carbocycles. The zero-order valence-electron chi connectivity index (χ0n) is 10.6. The summed E-state index contributed by atoms with van der Waals surface area (Å²) >= 11 is 1.71. The van der Waals surface area contributed by atoms with Gasteiger partial charge in [-0.3, -0.25) is 5.10 Å². The van der Waals surface area contributed by atoms with Gasteiger partial charge in [0.1, 0.15) is 5.82 Å². The lowest BCUT2D eigenvalue weighted by atomic mass is 10.1. The Hall–Kier alpha value is -0.550. The van der Waals surface area contributed by atoms with Gasteiger partial charge in [0, 0.05) is 11.8 Å². The van der Waals surface area contributed by atoms with Crippen LogP contribution in [0, 0.1) is 12.8 Å². The van der Waals surface area contributed by atoms with Crippen LogP contribution in [-0.2, 0) is 0 Å². The van der Waals surface area contributed by atoms with E-state index in [1.807, 2.05) is 6.92 Å². The van der Waals surface area contributed by atoms with Crippen LogP contribution < -0.4 is 5.32 Å². The first kappa shape index (κ1) is 13.5. The Morgan fingerprint density at radius 1 is 1.38 bits per heavy atom. The molecule has 1 atom stereocenters. The van der Waals surface area contributed by atoms with Crippen LogP contribution in [0.15, 0.2) is 5.16 Å². The zero-order valence-corrected chi connectivity index (χ0v) is 11.4. The molecule has 0 aliphatic rings. The highest BCUT2D eigenvalue weighted by Crippen LogP contribution is 2.17. The summed E-state index contributed by atoms with van der Waals surface area (Å²) in [6.45, 7) is 10.7. The second kappa shape index (κ2) is 6.91. The van der Waals surface area contributed by atoms with Crippen molar-refractivity contribution in [3.8, 4) is 0 Å². The fraction of sp³-hybridized carbons (Fsp3) is 0.818. The van der Waals surface area contributed by atoms with Crippen LogP contribution in [0.3, 0.4) is 0 Å². The Bertz CT molecular complexity index is 298. The van der Waals surface area contributed by atoms with Crippen LogP contribution in [0.2, 0.25) is 0 Å². The van der Waals surface area contributed by atoms with E-state index in [1.165, 1.54) is 6.42 Å². The molecule has 92 valence electrons. The number of thioether (sulfide) groups is 1. The lowest BCUT2D eigenvalue weighted by Crippen LogP contribution is -2.24. The topological polar surface area (TPSA) is 53.6 Å². The number of aromatic amines is 1. The van der Waals surface area contributed by atoms with Gasteiger partial charge >= 0.3 is 0 Å². The van der Waals surface area contributed by atoms with Gasteiger partial charge in [0.2, 0.25) is 5.16 Å². The Morgan fingerprint density at radius 2 is 2.12 bits per heavy atom. The highest BCUT2D eigenvalue weighted by Gasteiger charge is 2.07. The molecule has 4 nitrogen and oxygen atoms in total. The van der Waals surface area contributed by atoms with E-state index in [4.69, 9.17) is 0 Å². The number of rotatable bonds is 7. The molecule has 1 aromatic heterocycles. The fourth-order valence-corrected chi connectivity index (χ4v) is 2.14. The van der Waals surface area contributed by atoms with Crippen molar-refractivity contribution in [1.29, 1.82) is 0 Å². The molecule has 0 aliphatic carbocycles. The molecule has 0 aromatic carbocycles. The Balaban J connectivity index is 2.13. The molecule has 1 heterocycles. The van der Waals surface area contributed by atoms with Gasteiger partial charge in [0.15, 0.2) is 0 Å². The van der Waals surface area contributed by atoms with E-state index >= 15 is 0 Å². The van der Waals surface area contributed by atoms with Crippen molar-refractivity contribution in [3.05, 3.63) is 5.82 Å². The number of hydrogen-bond acceptors (Lipinski definition) is 4. The summed E-state index contributed by atoms with van der Waals surface area (Å²) in [4.78, 5) is 4.28. The second-order valence-electron chi connectivity index (χ2n) is 4.52. The standard InChI is InChI=1S/C11H22N4S/c1-8(2)5-6-12-7-9(3)16-11-13-10(4)14-15-11/h8-9,12H,5-7H2,1-4H3,(H,13,14,15). The zero-order chi connectivity index (χ0) is 12.0. The molecular weight excluding hydrogens is 220 g/mol. The Morgan fingerprint density at radius 3 is 2.69 bits per heavy atom. The Labute approximate surface area is 102 Å². The van der Waals surface area contributed by atoms with Crippen LogP contribution in [-0.4, -0.2) is 33.5 Å². The molecule has 0 bridgehead atoms. The SMILES string of the molecule is Cc1nc(SC(C)CNCCC(C)C)n[nH]1. The van der Waals surface area contributed by atoms with Crippen LogP contribution in [0.25, 0.3) is 0 Å². The maximum atomic E-state index is 4.28. The number of nitrogens with zero attached hydrogens (tertiary/aromatic N) is 2. The molecule has 1 aromatic rings. The number of aryl methyl sites for hydroxylation is 1. The quantitative estimate of drug-likeness (QED) is 0.569. The minimum atomic E-state index is 0.502. The summed E-state index contributed by atoms with van der Waals surface area (Å²) < 4.78 is 0. The third kappa shape index (κ3) is 5.51. The molecule has 0 aliphatic heterocycles. The van der Waals surface area contributed by atoms with E-state index in [0.29, 0.717) is 5.25 Å². The van der Waals surface area contributed by atoms with Crippen LogP contribution in [0.4, 0.5) is 0 Å². The smallest absolute Gasteiger partial charge is 0.208 e. The molecular formula is C11H22N4S. The molecule has 16 heavy (non-hydrogen) atoms. The summed E-state index contributed by atoms with van der Waals surface area (Å²) in [5.41, 5.74) is 0. The van der Waals surface area contributed by atoms with Crippen LogP contribution >= 0.6 is 11.8 Å². The van der Waals surface area contributed by atoms with Crippen molar-refractivity contribution in [1.82, 2.24) is 20.5 Å². The van der Waals surface area contributed by atoms with Crippen molar-refractivity contribution in [3.63, 3.8) is 0 Å². The summed E-state index contributed by atoms with van der Waals surface area (Å²) in [6.07, 6.45) is 1.23. The Kier molecular flexibility index (Phi) is 5.84. The predicted octanol–water partition coefficient (Wildman–Crippen LogP) is 2.23. The summed E-state index contributed by atoms with van der Waals surface area (Å²) in [7, 11) is 0. The molecule has 0 saturated heterocycles. The molecule has 0 radical (unpaired) electrons. The first-order valence-corrected chi connectivity index (χ1v) is 6.72. The first-order valence-electron chi connectivity index (χ1n) is 5.84. The molecule has 0 spiro atoms. The summed E-state index contributed by atoms with van der Waals surface area (Å²) in [5, 5.41) is 11.8. The van der Waals surface area contributed by atoms with Gasteiger partial charge in [-0.1, -0.05) is 32.5 Å². The van der Waals surface area contributed by atoms with Gasteiger partial charge in [-0.05, 0) is 25.8 Å². The summed E-state index contributed by atoms with van der Waals surface area (Å²) in [6, 6.07) is 0. The molecule has 2 N–H and O–H groups in total. The third-order valence-electron chi connectivity index (χ3n) is 2.21. The number of aromatic nitrogens is 3. The monoisotopic (exact) mass is 242 g/mol. The number of nitrogens with one attached hydrogen (secondary N) is 2. The van der Waals surface area contributed by atoms with Gasteiger partial charge in [-0.25, -0.2) is 4.98 Å². The molecule has 1 unspecified atom stereocenters. The van der Waals surface area contributed by atoms with Gasteiger partial charge in [0.05, 0.1) is 0 Å². The normalized spacial score (nSPS) is 13.3. The second-order valence-corrected chi connectivity index (χ2v) is 5.92. The van der Waals surface area contributed by atoms with Gasteiger partial charge in [-0.2, -0.15) is 0 Å². The van der Waals surface area contributed by atoms with E-state index < -0.39 is 0 Å². The van der Waals surface area contributed by atoms with Gasteiger partial charge in [-0.15, -0.1) is 5.10 Å². The van der Waals surface area contributed by atoms with Crippen molar-refractivity contribution in [2.24, 2.45) is 5.92 Å². The largest absolute Gasteiger partial charge is 0.316 e. The maximum Gasteiger partial charge on any atom is 0.208 e. The molecule has 5 heteroatoms. The average molecular weight is 242 g/mol. The maximum absolute atomic E-state index is 4.28. The minimum absolute atomic E-state index is 0.502. The van der Waals surface area contributed by atoms with Gasteiger partial charge in [0.25, 0.3) is 0 Å². The summed E-state index contributed by atoms with van der Waals surface area (Å²) in [5.74, 6) is 1.65. The third-order valence-corrected chi connectivity index (χ3v) is 3.18. The lowest BCUT2D eigenvalue weighted by Gasteiger charge is -2.11. The van der Waals surface area contributed by atoms with Crippen molar-refractivity contribution in [2.75, 3.05) is 13.1 Å². The number of H-pyrrole nitrogens is 1. The van der Waals surface area contributed by atoms with Crippen molar-refractivity contribution < 1.29 is 0 Å². The van der Waals surface area contributed by atoms with Crippen molar-refractivity contribution >= 4 is 11.8 Å². The minimum Gasteiger partial charge on any atom is -0.316 e. The van der Waals surface area contributed by atoms with Gasteiger partial charge < -0.3 is 5.32 Å². The fourth-order valence-electron chi connectivity index (χ4n) is 1.29. The van der Waals surface area contributed by atoms with Crippen molar-refractivity contribution in [2.45, 2.75) is 44.5 Å². The van der Waals surface area contributed by atoms with E-state index in [1.54, 1.807) is 11.8 Å². The molecule has 1 rings (SSSR count). The van der Waals surface area contributed by atoms with E-state index in [2.05, 4.69) is 41.3 Å². The van der Waals surface area contributed by atoms with E-state index in [-0.39, 0.29) is 0 Å². The van der Waals surface area contributed by atoms with Crippen LogP contribution in [0.5, 0.6) is 0 Å². The highest BCUT2D eigenvalue weighted by molar-refractivity contribution is 7.99. The van der Waals surface area contributed by atoms with E-state index in [0.717, 1.165) is 30.0 Å². The molecule has 0 fully saturated rings. The molecule has 0 amide bonds. The highest BCUT2D eigenvalue weighted by atomic mass is 32.2. The van der Waals surface area contributed by atoms with E-state index in [9.17, 15) is 0 Å². The predicted molar refractivity (Wildman–Crippen MR) is 68.8 cm³/mol. The number of hydrogen-bond donors (Lipinski definition) is 2. The van der Waals surface area contributed by atoms with Crippen LogP contribution in [0.1, 0.15) is 33.0 Å². The lowest BCUT2D eigenvalue weighted by molar-refractivity contribution is 0.538.